The molecule has 21 heavy (non-hydrogen) atoms. The summed E-state index contributed by atoms with van der Waals surface area (Å²) >= 11 is 10.6. The lowest BCUT2D eigenvalue weighted by Crippen LogP contribution is -2.05. The smallest absolute Gasteiger partial charge is 0.192 e. The van der Waals surface area contributed by atoms with Crippen LogP contribution in [-0.4, -0.2) is 0 Å². The van der Waals surface area contributed by atoms with E-state index in [1.54, 1.807) is 17.5 Å². The predicted molar refractivity (Wildman–Crippen MR) is 81.7 cm³/mol. The lowest BCUT2D eigenvalue weighted by Gasteiger charge is -2.11. The minimum absolute atomic E-state index is 0.0158. The zero-order chi connectivity index (χ0) is 15.6. The van der Waals surface area contributed by atoms with Crippen LogP contribution in [0, 0.1) is 11.3 Å². The molecule has 0 spiro atoms. The van der Waals surface area contributed by atoms with E-state index in [1.165, 1.54) is 17.4 Å². The van der Waals surface area contributed by atoms with Gasteiger partial charge in [-0.1, -0.05) is 33.6 Å². The Balaban J connectivity index is 2.63. The van der Waals surface area contributed by atoms with Crippen molar-refractivity contribution >= 4 is 49.5 Å². The molecule has 0 aliphatic heterocycles. The second-order valence-corrected chi connectivity index (χ2v) is 6.15. The molecule has 0 amide bonds. The number of hydrogen-bond donors (Lipinski definition) is 0. The quantitative estimate of drug-likeness (QED) is 0.561. The van der Waals surface area contributed by atoms with E-state index in [2.05, 4.69) is 15.9 Å². The van der Waals surface area contributed by atoms with Crippen LogP contribution in [0.25, 0.3) is 10.6 Å². The average Bonchev–Trinajstić information content (AvgIpc) is 2.92. The van der Waals surface area contributed by atoms with Gasteiger partial charge in [0.05, 0.1) is 16.2 Å². The molecule has 0 aliphatic carbocycles. The zero-order valence-electron chi connectivity index (χ0n) is 10.2. The third kappa shape index (κ3) is 3.49. The zero-order valence-corrected chi connectivity index (χ0v) is 13.4. The van der Waals surface area contributed by atoms with Gasteiger partial charge in [-0.15, -0.1) is 11.3 Å². The van der Waals surface area contributed by atoms with Gasteiger partial charge in [0.2, 0.25) is 0 Å². The topological polar surface area (TPSA) is 23.8 Å². The lowest BCUT2D eigenvalue weighted by atomic mass is 10.1. The first kappa shape index (κ1) is 16.1. The molecule has 0 saturated heterocycles. The molecule has 1 aromatic carbocycles. The Morgan fingerprint density at radius 2 is 2.00 bits per heavy atom. The molecule has 0 aliphatic rings. The molecule has 2 rings (SSSR count). The third-order valence-corrected chi connectivity index (χ3v) is 4.60. The van der Waals surface area contributed by atoms with Crippen molar-refractivity contribution in [2.24, 2.45) is 0 Å². The predicted octanol–water partition coefficient (Wildman–Crippen LogP) is 6.16. The maximum absolute atomic E-state index is 12.8. The van der Waals surface area contributed by atoms with Gasteiger partial charge in [-0.25, -0.2) is 0 Å². The van der Waals surface area contributed by atoms with E-state index in [-0.39, 0.29) is 16.2 Å². The van der Waals surface area contributed by atoms with Gasteiger partial charge in [-0.3, -0.25) is 0 Å². The Morgan fingerprint density at radius 3 is 2.52 bits per heavy atom. The molecule has 0 N–H and O–H groups in total. The highest BCUT2D eigenvalue weighted by molar-refractivity contribution is 9.10. The van der Waals surface area contributed by atoms with Crippen molar-refractivity contribution in [2.45, 2.75) is 6.18 Å². The molecule has 0 unspecified atom stereocenters. The highest BCUT2D eigenvalue weighted by Crippen LogP contribution is 2.38. The van der Waals surface area contributed by atoms with Gasteiger partial charge in [-0.2, -0.15) is 18.4 Å². The van der Waals surface area contributed by atoms with Crippen LogP contribution in [0.15, 0.2) is 40.2 Å². The fraction of sp³-hybridized carbons (Fsp3) is 0.0714. The number of nitrogens with zero attached hydrogens (tertiary/aromatic N) is 1. The summed E-state index contributed by atoms with van der Waals surface area (Å²) in [6.07, 6.45) is -4.47. The second-order valence-electron chi connectivity index (χ2n) is 3.97. The molecule has 0 atom stereocenters. The van der Waals surface area contributed by atoms with Crippen LogP contribution >= 0.6 is 38.9 Å². The molecule has 2 aromatic rings. The fourth-order valence-corrected chi connectivity index (χ4v) is 3.28. The molecule has 7 heteroatoms. The van der Waals surface area contributed by atoms with E-state index in [9.17, 15) is 18.4 Å². The molecule has 108 valence electrons. The van der Waals surface area contributed by atoms with Gasteiger partial charge >= 0.3 is 6.18 Å². The summed E-state index contributed by atoms with van der Waals surface area (Å²) in [4.78, 5) is 0.604. The number of halogens is 5. The lowest BCUT2D eigenvalue weighted by molar-refractivity contribution is -0.137. The van der Waals surface area contributed by atoms with Crippen molar-refractivity contribution < 1.29 is 13.2 Å². The van der Waals surface area contributed by atoms with Gasteiger partial charge in [0.1, 0.15) is 6.07 Å². The summed E-state index contributed by atoms with van der Waals surface area (Å²) in [6, 6.07) is 8.52. The molecular weight excluding hydrogens is 387 g/mol. The van der Waals surface area contributed by atoms with Crippen molar-refractivity contribution in [2.75, 3.05) is 0 Å². The molecule has 0 radical (unpaired) electrons. The van der Waals surface area contributed by atoms with Gasteiger partial charge in [0.25, 0.3) is 0 Å². The summed E-state index contributed by atoms with van der Waals surface area (Å²) in [5, 5.41) is 11.0. The Kier molecular flexibility index (Phi) is 4.77. The first-order valence-corrected chi connectivity index (χ1v) is 7.60. The largest absolute Gasteiger partial charge is 0.416 e. The van der Waals surface area contributed by atoms with Crippen molar-refractivity contribution in [3.63, 3.8) is 0 Å². The normalized spacial score (nSPS) is 12.8. The first-order valence-electron chi connectivity index (χ1n) is 5.55. The van der Waals surface area contributed by atoms with Crippen LogP contribution in [0.2, 0.25) is 0 Å². The number of nitriles is 1. The highest BCUT2D eigenvalue weighted by atomic mass is 79.9. The molecule has 0 saturated carbocycles. The Hall–Kier alpha value is -1.29. The molecule has 1 heterocycles. The third-order valence-electron chi connectivity index (χ3n) is 2.63. The maximum atomic E-state index is 12.8. The monoisotopic (exact) mass is 391 g/mol. The summed E-state index contributed by atoms with van der Waals surface area (Å²) in [5.74, 6) is 0. The van der Waals surface area contributed by atoms with Gasteiger partial charge in [0, 0.05) is 14.9 Å². The van der Waals surface area contributed by atoms with Gasteiger partial charge < -0.3 is 0 Å². The standard InChI is InChI=1S/C14H6BrClF3NS/c15-11-4-3-8(14(17,18)19)6-9(11)13(16)10(7-20)12-2-1-5-21-12/h1-6H/b13-10+. The number of allylic oxidation sites excluding steroid dienone is 1. The van der Waals surface area contributed by atoms with Crippen LogP contribution < -0.4 is 0 Å². The van der Waals surface area contributed by atoms with Crippen LogP contribution in [0.3, 0.4) is 0 Å². The summed E-state index contributed by atoms with van der Waals surface area (Å²) < 4.78 is 38.7. The Bertz CT molecular complexity index is 730. The summed E-state index contributed by atoms with van der Waals surface area (Å²) in [6.45, 7) is 0. The first-order chi connectivity index (χ1) is 9.84. The van der Waals surface area contributed by atoms with E-state index in [0.717, 1.165) is 12.1 Å². The number of benzene rings is 1. The molecule has 1 nitrogen and oxygen atoms in total. The summed E-state index contributed by atoms with van der Waals surface area (Å²) in [5.41, 5.74) is -0.537. The SMILES string of the molecule is N#C/C(=C(\Cl)c1cc(C(F)(F)F)ccc1Br)c1cccs1. The maximum Gasteiger partial charge on any atom is 0.416 e. The van der Waals surface area contributed by atoms with E-state index < -0.39 is 11.7 Å². The molecule has 0 bridgehead atoms. The fourth-order valence-electron chi connectivity index (χ4n) is 1.64. The van der Waals surface area contributed by atoms with Gasteiger partial charge in [-0.05, 0) is 29.6 Å². The van der Waals surface area contributed by atoms with Gasteiger partial charge in [0.15, 0.2) is 0 Å². The Morgan fingerprint density at radius 1 is 1.29 bits per heavy atom. The van der Waals surface area contributed by atoms with Crippen molar-refractivity contribution in [1.82, 2.24) is 0 Å². The van der Waals surface area contributed by atoms with Crippen LogP contribution in [0.1, 0.15) is 16.0 Å². The average molecular weight is 393 g/mol. The minimum Gasteiger partial charge on any atom is -0.192 e. The number of alkyl halides is 3. The summed E-state index contributed by atoms with van der Waals surface area (Å²) in [7, 11) is 0. The van der Waals surface area contributed by atoms with E-state index in [4.69, 9.17) is 11.6 Å². The van der Waals surface area contributed by atoms with Crippen LogP contribution in [0.5, 0.6) is 0 Å². The highest BCUT2D eigenvalue weighted by Gasteiger charge is 2.31. The van der Waals surface area contributed by atoms with Crippen molar-refractivity contribution in [1.29, 1.82) is 5.26 Å². The second kappa shape index (κ2) is 6.22. The number of hydrogen-bond acceptors (Lipinski definition) is 2. The number of thiophene rings is 1. The van der Waals surface area contributed by atoms with E-state index in [0.29, 0.717) is 9.35 Å². The molecule has 1 aromatic heterocycles. The van der Waals surface area contributed by atoms with Crippen molar-refractivity contribution in [3.8, 4) is 6.07 Å². The van der Waals surface area contributed by atoms with Crippen LogP contribution in [0.4, 0.5) is 13.2 Å². The van der Waals surface area contributed by atoms with E-state index >= 15 is 0 Å². The minimum atomic E-state index is -4.47. The van der Waals surface area contributed by atoms with Crippen LogP contribution in [-0.2, 0) is 6.18 Å². The van der Waals surface area contributed by atoms with E-state index in [1.807, 2.05) is 6.07 Å². The van der Waals surface area contributed by atoms with Crippen molar-refractivity contribution in [3.05, 3.63) is 56.2 Å². The number of rotatable bonds is 2. The molecular formula is C14H6BrClF3NS. The molecule has 0 fully saturated rings. The Labute approximate surface area is 136 Å².